The molecule has 0 saturated carbocycles. The molecule has 0 aliphatic carbocycles. The lowest BCUT2D eigenvalue weighted by atomic mass is 10.2. The van der Waals surface area contributed by atoms with Gasteiger partial charge in [0, 0.05) is 17.7 Å². The fraction of sp³-hybridized carbons (Fsp3) is 0.167. The number of anilines is 2. The van der Waals surface area contributed by atoms with Gasteiger partial charge >= 0.3 is 6.01 Å². The van der Waals surface area contributed by atoms with E-state index in [4.69, 9.17) is 9.15 Å². The Balaban J connectivity index is 1.79. The molecule has 0 aliphatic heterocycles. The van der Waals surface area contributed by atoms with Gasteiger partial charge in [0.05, 0.1) is 7.11 Å². The number of aromatic nitrogens is 1. The number of rotatable bonds is 5. The number of amides is 2. The second kappa shape index (κ2) is 7.04. The van der Waals surface area contributed by atoms with Crippen molar-refractivity contribution < 1.29 is 18.7 Å². The summed E-state index contributed by atoms with van der Waals surface area (Å²) in [6, 6.07) is 11.9. The van der Waals surface area contributed by atoms with E-state index in [-0.39, 0.29) is 17.8 Å². The first-order chi connectivity index (χ1) is 12.1. The topological polar surface area (TPSA) is 93.5 Å². The summed E-state index contributed by atoms with van der Waals surface area (Å²) in [7, 11) is 1.53. The summed E-state index contributed by atoms with van der Waals surface area (Å²) < 4.78 is 10.6. The van der Waals surface area contributed by atoms with Crippen molar-refractivity contribution in [2.24, 2.45) is 0 Å². The summed E-state index contributed by atoms with van der Waals surface area (Å²) in [4.78, 5) is 28.0. The number of benzene rings is 2. The molecule has 2 N–H and O–H groups in total. The van der Waals surface area contributed by atoms with Crippen molar-refractivity contribution in [2.45, 2.75) is 13.3 Å². The Kier molecular flexibility index (Phi) is 4.65. The van der Waals surface area contributed by atoms with E-state index in [9.17, 15) is 9.59 Å². The molecule has 3 aromatic rings. The highest BCUT2D eigenvalue weighted by Crippen LogP contribution is 2.23. The van der Waals surface area contributed by atoms with Crippen LogP contribution in [0.5, 0.6) is 5.75 Å². The molecule has 7 nitrogen and oxygen atoms in total. The first-order valence-corrected chi connectivity index (χ1v) is 7.75. The monoisotopic (exact) mass is 339 g/mol. The van der Waals surface area contributed by atoms with Crippen LogP contribution in [-0.2, 0) is 4.79 Å². The zero-order chi connectivity index (χ0) is 17.8. The average molecular weight is 339 g/mol. The largest absolute Gasteiger partial charge is 0.497 e. The van der Waals surface area contributed by atoms with Crippen molar-refractivity contribution in [3.8, 4) is 5.75 Å². The lowest BCUT2D eigenvalue weighted by Gasteiger charge is -2.03. The van der Waals surface area contributed by atoms with Crippen LogP contribution in [0.3, 0.4) is 0 Å². The van der Waals surface area contributed by atoms with Crippen molar-refractivity contribution in [1.29, 1.82) is 0 Å². The molecular formula is C18H17N3O4. The predicted molar refractivity (Wildman–Crippen MR) is 93.9 cm³/mol. The quantitative estimate of drug-likeness (QED) is 0.743. The molecule has 0 saturated heterocycles. The molecule has 3 rings (SSSR count). The number of ether oxygens (including phenoxy) is 1. The van der Waals surface area contributed by atoms with Crippen molar-refractivity contribution in [3.05, 3.63) is 48.0 Å². The summed E-state index contributed by atoms with van der Waals surface area (Å²) >= 11 is 0. The van der Waals surface area contributed by atoms with Crippen LogP contribution in [0, 0.1) is 0 Å². The number of hydrogen-bond acceptors (Lipinski definition) is 5. The normalized spacial score (nSPS) is 10.5. The number of carbonyl (C=O) groups is 2. The lowest BCUT2D eigenvalue weighted by molar-refractivity contribution is -0.115. The second-order valence-corrected chi connectivity index (χ2v) is 5.29. The average Bonchev–Trinajstić information content (AvgIpc) is 3.03. The van der Waals surface area contributed by atoms with Crippen molar-refractivity contribution >= 4 is 34.6 Å². The minimum atomic E-state index is -0.357. The molecule has 1 aromatic heterocycles. The molecular weight excluding hydrogens is 322 g/mol. The molecule has 25 heavy (non-hydrogen) atoms. The maximum absolute atomic E-state index is 12.3. The minimum Gasteiger partial charge on any atom is -0.497 e. The number of nitrogens with zero attached hydrogens (tertiary/aromatic N) is 1. The van der Waals surface area contributed by atoms with Gasteiger partial charge in [-0.3, -0.25) is 14.9 Å². The van der Waals surface area contributed by atoms with Crippen LogP contribution in [-0.4, -0.2) is 23.9 Å². The van der Waals surface area contributed by atoms with Gasteiger partial charge in [-0.05, 0) is 36.4 Å². The Bertz CT molecular complexity index is 933. The molecule has 0 spiro atoms. The first-order valence-electron chi connectivity index (χ1n) is 7.75. The van der Waals surface area contributed by atoms with Gasteiger partial charge in [-0.2, -0.15) is 4.98 Å². The second-order valence-electron chi connectivity index (χ2n) is 5.29. The molecule has 0 fully saturated rings. The molecule has 0 unspecified atom stereocenters. The minimum absolute atomic E-state index is 0.0850. The van der Waals surface area contributed by atoms with Gasteiger partial charge in [0.15, 0.2) is 5.58 Å². The van der Waals surface area contributed by atoms with E-state index < -0.39 is 0 Å². The van der Waals surface area contributed by atoms with Gasteiger partial charge < -0.3 is 14.5 Å². The zero-order valence-electron chi connectivity index (χ0n) is 13.8. The smallest absolute Gasteiger partial charge is 0.302 e. The third-order valence-electron chi connectivity index (χ3n) is 3.54. The van der Waals surface area contributed by atoms with Crippen LogP contribution in [0.2, 0.25) is 0 Å². The van der Waals surface area contributed by atoms with Gasteiger partial charge in [-0.15, -0.1) is 0 Å². The van der Waals surface area contributed by atoms with Crippen LogP contribution in [0.25, 0.3) is 11.1 Å². The molecule has 0 bridgehead atoms. The van der Waals surface area contributed by atoms with E-state index in [1.807, 2.05) is 0 Å². The lowest BCUT2D eigenvalue weighted by Crippen LogP contribution is -2.12. The molecule has 0 atom stereocenters. The summed E-state index contributed by atoms with van der Waals surface area (Å²) in [6.07, 6.45) is 0.388. The van der Waals surface area contributed by atoms with Crippen LogP contribution in [0.1, 0.15) is 23.7 Å². The van der Waals surface area contributed by atoms with E-state index in [1.165, 1.54) is 7.11 Å². The van der Waals surface area contributed by atoms with Gasteiger partial charge in [-0.1, -0.05) is 13.0 Å². The highest BCUT2D eigenvalue weighted by atomic mass is 16.5. The predicted octanol–water partition coefficient (Wildman–Crippen LogP) is 3.44. The maximum Gasteiger partial charge on any atom is 0.302 e. The van der Waals surface area contributed by atoms with Gasteiger partial charge in [0.1, 0.15) is 11.3 Å². The Morgan fingerprint density at radius 3 is 2.76 bits per heavy atom. The SMILES string of the molecule is CCC(=O)Nc1ccc2oc(NC(=O)c3cccc(OC)c3)nc2c1. The number of oxazole rings is 1. The molecule has 0 radical (unpaired) electrons. The van der Waals surface area contributed by atoms with Crippen LogP contribution >= 0.6 is 0 Å². The molecule has 0 aliphatic rings. The summed E-state index contributed by atoms with van der Waals surface area (Å²) in [5.74, 6) is 0.140. The number of fused-ring (bicyclic) bond motifs is 1. The third-order valence-corrected chi connectivity index (χ3v) is 3.54. The summed E-state index contributed by atoms with van der Waals surface area (Å²) in [5, 5.41) is 5.36. The summed E-state index contributed by atoms with van der Waals surface area (Å²) in [5.41, 5.74) is 2.10. The first kappa shape index (κ1) is 16.5. The van der Waals surface area contributed by atoms with Crippen molar-refractivity contribution in [2.75, 3.05) is 17.7 Å². The van der Waals surface area contributed by atoms with E-state index >= 15 is 0 Å². The number of nitrogens with one attached hydrogen (secondary N) is 2. The Morgan fingerprint density at radius 2 is 2.00 bits per heavy atom. The van der Waals surface area contributed by atoms with Crippen LogP contribution in [0.4, 0.5) is 11.7 Å². The molecule has 2 aromatic carbocycles. The van der Waals surface area contributed by atoms with E-state index in [0.29, 0.717) is 34.5 Å². The van der Waals surface area contributed by atoms with Crippen molar-refractivity contribution in [1.82, 2.24) is 4.98 Å². The number of carbonyl (C=O) groups excluding carboxylic acids is 2. The fourth-order valence-electron chi connectivity index (χ4n) is 2.24. The van der Waals surface area contributed by atoms with Gasteiger partial charge in [0.2, 0.25) is 5.91 Å². The standard InChI is InChI=1S/C18H17N3O4/c1-3-16(22)19-12-7-8-15-14(10-12)20-18(25-15)21-17(23)11-5-4-6-13(9-11)24-2/h4-10H,3H2,1-2H3,(H,19,22)(H,20,21,23). The summed E-state index contributed by atoms with van der Waals surface area (Å²) in [6.45, 7) is 1.77. The third kappa shape index (κ3) is 3.77. The Hall–Kier alpha value is -3.35. The van der Waals surface area contributed by atoms with Crippen LogP contribution in [0.15, 0.2) is 46.9 Å². The Morgan fingerprint density at radius 1 is 1.16 bits per heavy atom. The molecule has 7 heteroatoms. The van der Waals surface area contributed by atoms with Gasteiger partial charge in [0.25, 0.3) is 5.91 Å². The van der Waals surface area contributed by atoms with Crippen LogP contribution < -0.4 is 15.4 Å². The van der Waals surface area contributed by atoms with Crippen molar-refractivity contribution in [3.63, 3.8) is 0 Å². The molecule has 128 valence electrons. The molecule has 1 heterocycles. The molecule has 2 amide bonds. The van der Waals surface area contributed by atoms with E-state index in [2.05, 4.69) is 15.6 Å². The highest BCUT2D eigenvalue weighted by molar-refractivity contribution is 6.04. The van der Waals surface area contributed by atoms with E-state index in [0.717, 1.165) is 0 Å². The number of hydrogen-bond donors (Lipinski definition) is 2. The zero-order valence-corrected chi connectivity index (χ0v) is 13.8. The highest BCUT2D eigenvalue weighted by Gasteiger charge is 2.12. The van der Waals surface area contributed by atoms with Gasteiger partial charge in [-0.25, -0.2) is 0 Å². The Labute approximate surface area is 144 Å². The maximum atomic E-state index is 12.3. The number of methoxy groups -OCH3 is 1. The van der Waals surface area contributed by atoms with E-state index in [1.54, 1.807) is 49.4 Å². The fourth-order valence-corrected chi connectivity index (χ4v) is 2.24.